The van der Waals surface area contributed by atoms with Crippen molar-refractivity contribution in [2.75, 3.05) is 6.54 Å². The maximum absolute atomic E-state index is 3.91. The Morgan fingerprint density at radius 1 is 1.20 bits per heavy atom. The fraction of sp³-hybridized carbons (Fsp3) is 0.714. The molecular weight excluding hydrogens is 182 g/mol. The Morgan fingerprint density at radius 2 is 1.80 bits per heavy atom. The zero-order chi connectivity index (χ0) is 11.7. The third-order valence-electron chi connectivity index (χ3n) is 2.78. The van der Waals surface area contributed by atoms with Gasteiger partial charge in [0.1, 0.15) is 0 Å². The first kappa shape index (κ1) is 14.3. The standard InChI is InChI=1S/C14H27N/c1-6-7-9-13(4)10-8-11-15-14(5)12(2)3/h13,15H,2,5-11H2,1,3-4H3. The average molecular weight is 209 g/mol. The minimum atomic E-state index is 0.866. The summed E-state index contributed by atoms with van der Waals surface area (Å²) >= 11 is 0. The van der Waals surface area contributed by atoms with E-state index in [1.807, 2.05) is 6.92 Å². The second-order valence-electron chi connectivity index (χ2n) is 4.58. The van der Waals surface area contributed by atoms with E-state index in [2.05, 4.69) is 32.3 Å². The first-order valence-electron chi connectivity index (χ1n) is 6.16. The predicted octanol–water partition coefficient (Wildman–Crippen LogP) is 4.27. The van der Waals surface area contributed by atoms with Crippen molar-refractivity contribution < 1.29 is 0 Å². The molecule has 0 aromatic rings. The number of allylic oxidation sites excluding steroid dienone is 1. The molecule has 0 bridgehead atoms. The van der Waals surface area contributed by atoms with Gasteiger partial charge >= 0.3 is 0 Å². The second-order valence-corrected chi connectivity index (χ2v) is 4.58. The van der Waals surface area contributed by atoms with Crippen molar-refractivity contribution in [3.05, 3.63) is 24.4 Å². The van der Waals surface area contributed by atoms with Gasteiger partial charge in [-0.05, 0) is 31.3 Å². The third kappa shape index (κ3) is 8.29. The first-order chi connectivity index (χ1) is 7.07. The molecule has 1 heteroatoms. The van der Waals surface area contributed by atoms with E-state index in [4.69, 9.17) is 0 Å². The zero-order valence-corrected chi connectivity index (χ0v) is 10.7. The molecule has 0 spiro atoms. The summed E-state index contributed by atoms with van der Waals surface area (Å²) in [6, 6.07) is 0. The van der Waals surface area contributed by atoms with Crippen LogP contribution in [0.2, 0.25) is 0 Å². The number of hydrogen-bond donors (Lipinski definition) is 1. The van der Waals surface area contributed by atoms with E-state index in [0.717, 1.165) is 23.7 Å². The summed E-state index contributed by atoms with van der Waals surface area (Å²) in [7, 11) is 0. The van der Waals surface area contributed by atoms with Crippen LogP contribution in [-0.2, 0) is 0 Å². The summed E-state index contributed by atoms with van der Waals surface area (Å²) in [5, 5.41) is 3.30. The van der Waals surface area contributed by atoms with Crippen molar-refractivity contribution in [3.8, 4) is 0 Å². The summed E-state index contributed by atoms with van der Waals surface area (Å²) < 4.78 is 0. The SMILES string of the molecule is C=C(C)C(=C)NCCCC(C)CCCC. The highest BCUT2D eigenvalue weighted by atomic mass is 14.9. The molecule has 0 aliphatic heterocycles. The van der Waals surface area contributed by atoms with E-state index in [1.54, 1.807) is 0 Å². The molecule has 0 aromatic carbocycles. The van der Waals surface area contributed by atoms with Crippen molar-refractivity contribution in [3.63, 3.8) is 0 Å². The Labute approximate surface area is 95.7 Å². The largest absolute Gasteiger partial charge is 0.385 e. The molecule has 0 aliphatic rings. The van der Waals surface area contributed by atoms with Gasteiger partial charge in [-0.15, -0.1) is 0 Å². The van der Waals surface area contributed by atoms with Gasteiger partial charge in [0.25, 0.3) is 0 Å². The molecule has 1 unspecified atom stereocenters. The van der Waals surface area contributed by atoms with Gasteiger partial charge in [0.05, 0.1) is 0 Å². The van der Waals surface area contributed by atoms with Gasteiger partial charge in [0.15, 0.2) is 0 Å². The molecule has 0 aromatic heterocycles. The number of nitrogens with one attached hydrogen (secondary N) is 1. The minimum Gasteiger partial charge on any atom is -0.385 e. The van der Waals surface area contributed by atoms with E-state index in [9.17, 15) is 0 Å². The highest BCUT2D eigenvalue weighted by Crippen LogP contribution is 2.13. The summed E-state index contributed by atoms with van der Waals surface area (Å²) in [5.74, 6) is 0.866. The van der Waals surface area contributed by atoms with Gasteiger partial charge in [-0.25, -0.2) is 0 Å². The lowest BCUT2D eigenvalue weighted by Gasteiger charge is -2.12. The van der Waals surface area contributed by atoms with Crippen molar-refractivity contribution in [1.82, 2.24) is 5.32 Å². The van der Waals surface area contributed by atoms with Crippen molar-refractivity contribution in [2.24, 2.45) is 5.92 Å². The van der Waals surface area contributed by atoms with Gasteiger partial charge in [-0.1, -0.05) is 46.3 Å². The highest BCUT2D eigenvalue weighted by molar-refractivity contribution is 5.20. The lowest BCUT2D eigenvalue weighted by atomic mass is 9.99. The van der Waals surface area contributed by atoms with E-state index in [-0.39, 0.29) is 0 Å². The molecule has 1 nitrogen and oxygen atoms in total. The van der Waals surface area contributed by atoms with Crippen LogP contribution in [0.15, 0.2) is 24.4 Å². The molecule has 0 radical (unpaired) electrons. The van der Waals surface area contributed by atoms with E-state index >= 15 is 0 Å². The maximum Gasteiger partial charge on any atom is 0.0290 e. The van der Waals surface area contributed by atoms with Crippen LogP contribution >= 0.6 is 0 Å². The van der Waals surface area contributed by atoms with Gasteiger partial charge in [-0.2, -0.15) is 0 Å². The van der Waals surface area contributed by atoms with Crippen molar-refractivity contribution in [1.29, 1.82) is 0 Å². The second kappa shape index (κ2) is 8.58. The first-order valence-corrected chi connectivity index (χ1v) is 6.16. The minimum absolute atomic E-state index is 0.866. The summed E-state index contributed by atoms with van der Waals surface area (Å²) in [6.45, 7) is 15.4. The molecule has 1 atom stereocenters. The number of rotatable bonds is 9. The molecule has 0 saturated carbocycles. The fourth-order valence-electron chi connectivity index (χ4n) is 1.54. The summed E-state index contributed by atoms with van der Waals surface area (Å²) in [6.07, 6.45) is 6.60. The summed E-state index contributed by atoms with van der Waals surface area (Å²) in [4.78, 5) is 0. The van der Waals surface area contributed by atoms with Crippen LogP contribution in [0.4, 0.5) is 0 Å². The van der Waals surface area contributed by atoms with Gasteiger partial charge < -0.3 is 5.32 Å². The topological polar surface area (TPSA) is 12.0 Å². The van der Waals surface area contributed by atoms with Crippen LogP contribution in [0.5, 0.6) is 0 Å². The van der Waals surface area contributed by atoms with Crippen molar-refractivity contribution >= 4 is 0 Å². The highest BCUT2D eigenvalue weighted by Gasteiger charge is 2.01. The fourth-order valence-corrected chi connectivity index (χ4v) is 1.54. The van der Waals surface area contributed by atoms with Crippen LogP contribution in [0.3, 0.4) is 0 Å². The maximum atomic E-state index is 3.91. The molecule has 0 heterocycles. The van der Waals surface area contributed by atoms with Gasteiger partial charge in [0, 0.05) is 12.2 Å². The normalized spacial score (nSPS) is 12.2. The molecule has 88 valence electrons. The third-order valence-corrected chi connectivity index (χ3v) is 2.78. The molecule has 0 fully saturated rings. The lowest BCUT2D eigenvalue weighted by molar-refractivity contribution is 0.453. The van der Waals surface area contributed by atoms with Gasteiger partial charge in [-0.3, -0.25) is 0 Å². The predicted molar refractivity (Wildman–Crippen MR) is 69.9 cm³/mol. The smallest absolute Gasteiger partial charge is 0.0290 e. The molecular formula is C14H27N. The molecule has 0 rings (SSSR count). The Morgan fingerprint density at radius 3 is 2.33 bits per heavy atom. The molecule has 0 amide bonds. The zero-order valence-electron chi connectivity index (χ0n) is 10.7. The van der Waals surface area contributed by atoms with Crippen LogP contribution in [0.1, 0.15) is 52.9 Å². The molecule has 0 aliphatic carbocycles. The quantitative estimate of drug-likeness (QED) is 0.441. The van der Waals surface area contributed by atoms with Crippen LogP contribution in [0, 0.1) is 5.92 Å². The van der Waals surface area contributed by atoms with Gasteiger partial charge in [0.2, 0.25) is 0 Å². The Bertz CT molecular complexity index is 194. The van der Waals surface area contributed by atoms with E-state index < -0.39 is 0 Å². The van der Waals surface area contributed by atoms with Crippen LogP contribution in [0.25, 0.3) is 0 Å². The van der Waals surface area contributed by atoms with E-state index in [0.29, 0.717) is 0 Å². The number of unbranched alkanes of at least 4 members (excludes halogenated alkanes) is 1. The summed E-state index contributed by atoms with van der Waals surface area (Å²) in [5.41, 5.74) is 2.02. The molecule has 1 N–H and O–H groups in total. The Balaban J connectivity index is 3.37. The molecule has 15 heavy (non-hydrogen) atoms. The van der Waals surface area contributed by atoms with Crippen molar-refractivity contribution in [2.45, 2.75) is 52.9 Å². The van der Waals surface area contributed by atoms with Crippen LogP contribution in [-0.4, -0.2) is 6.54 Å². The number of hydrogen-bond acceptors (Lipinski definition) is 1. The lowest BCUT2D eigenvalue weighted by Crippen LogP contribution is -2.15. The monoisotopic (exact) mass is 209 g/mol. The Hall–Kier alpha value is -0.720. The van der Waals surface area contributed by atoms with Crippen LogP contribution < -0.4 is 5.32 Å². The Kier molecular flexibility index (Phi) is 8.17. The van der Waals surface area contributed by atoms with E-state index in [1.165, 1.54) is 32.1 Å². The molecule has 0 saturated heterocycles. The average Bonchev–Trinajstić information content (AvgIpc) is 2.20.